The van der Waals surface area contributed by atoms with Gasteiger partial charge in [0.1, 0.15) is 0 Å². The van der Waals surface area contributed by atoms with Gasteiger partial charge in [0.25, 0.3) is 0 Å². The molecule has 2 aliphatic rings. The Morgan fingerprint density at radius 1 is 1.69 bits per heavy atom. The van der Waals surface area contributed by atoms with E-state index < -0.39 is 0 Å². The quantitative estimate of drug-likeness (QED) is 0.424. The van der Waals surface area contributed by atoms with Gasteiger partial charge >= 0.3 is 0 Å². The summed E-state index contributed by atoms with van der Waals surface area (Å²) in [5.41, 5.74) is 5.97. The van der Waals surface area contributed by atoms with Gasteiger partial charge < -0.3 is 15.8 Å². The van der Waals surface area contributed by atoms with Gasteiger partial charge in [0.05, 0.1) is 12.6 Å². The van der Waals surface area contributed by atoms with Gasteiger partial charge in [-0.1, -0.05) is 19.9 Å². The molecule has 2 fully saturated rings. The molecule has 16 heavy (non-hydrogen) atoms. The third-order valence-corrected chi connectivity index (χ3v) is 3.79. The Hall–Kier alpha value is -1.03. The Labute approximate surface area is 97.0 Å². The first-order valence-corrected chi connectivity index (χ1v) is 5.86. The Balaban J connectivity index is 1.97. The molecule has 0 aromatic carbocycles. The number of ether oxygens (including phenoxy) is 1. The Kier molecular flexibility index (Phi) is 2.93. The third kappa shape index (κ3) is 1.71. The number of hydrogen-bond acceptors (Lipinski definition) is 2. The maximum Gasteiger partial charge on any atom is 0.189 e. The molecule has 3 atom stereocenters. The van der Waals surface area contributed by atoms with Crippen LogP contribution in [0.5, 0.6) is 0 Å². The monoisotopic (exact) mass is 223 g/mol. The third-order valence-electron chi connectivity index (χ3n) is 3.79. The van der Waals surface area contributed by atoms with Crippen molar-refractivity contribution < 1.29 is 4.74 Å². The van der Waals surface area contributed by atoms with Crippen molar-refractivity contribution in [3.05, 3.63) is 12.7 Å². The van der Waals surface area contributed by atoms with Gasteiger partial charge in [-0.25, -0.2) is 4.99 Å². The minimum Gasteiger partial charge on any atom is -0.377 e. The molecule has 0 radical (unpaired) electrons. The van der Waals surface area contributed by atoms with Gasteiger partial charge in [0.2, 0.25) is 0 Å². The lowest BCUT2D eigenvalue weighted by Crippen LogP contribution is -2.67. The molecule has 90 valence electrons. The van der Waals surface area contributed by atoms with Crippen LogP contribution >= 0.6 is 0 Å². The average molecular weight is 223 g/mol. The molecular weight excluding hydrogens is 202 g/mol. The minimum atomic E-state index is 0.148. The number of aliphatic imine (C=N–C) groups is 1. The van der Waals surface area contributed by atoms with Gasteiger partial charge in [-0.15, -0.1) is 6.58 Å². The molecule has 0 aromatic rings. The first-order valence-electron chi connectivity index (χ1n) is 5.86. The van der Waals surface area contributed by atoms with Gasteiger partial charge in [-0.05, 0) is 6.42 Å². The molecule has 2 rings (SSSR count). The van der Waals surface area contributed by atoms with Crippen LogP contribution in [0.1, 0.15) is 20.3 Å². The van der Waals surface area contributed by atoms with Crippen molar-refractivity contribution in [1.29, 1.82) is 0 Å². The number of nitrogens with zero attached hydrogens (tertiary/aromatic N) is 1. The zero-order valence-corrected chi connectivity index (χ0v) is 10.1. The van der Waals surface area contributed by atoms with Crippen molar-refractivity contribution in [2.45, 2.75) is 32.4 Å². The number of guanidine groups is 1. The van der Waals surface area contributed by atoms with E-state index in [2.05, 4.69) is 30.7 Å². The summed E-state index contributed by atoms with van der Waals surface area (Å²) in [6, 6.07) is 0.383. The maximum absolute atomic E-state index is 5.82. The fraction of sp³-hybridized carbons (Fsp3) is 0.750. The summed E-state index contributed by atoms with van der Waals surface area (Å²) in [5, 5.41) is 3.31. The lowest BCUT2D eigenvalue weighted by atomic mass is 9.57. The Morgan fingerprint density at radius 3 is 3.12 bits per heavy atom. The smallest absolute Gasteiger partial charge is 0.189 e. The fourth-order valence-electron chi connectivity index (χ4n) is 2.99. The highest BCUT2D eigenvalue weighted by molar-refractivity contribution is 5.78. The molecule has 3 unspecified atom stereocenters. The van der Waals surface area contributed by atoms with Gasteiger partial charge in [-0.3, -0.25) is 0 Å². The zero-order valence-electron chi connectivity index (χ0n) is 10.1. The molecule has 0 bridgehead atoms. The summed E-state index contributed by atoms with van der Waals surface area (Å²) in [4.78, 5) is 4.17. The topological polar surface area (TPSA) is 59.6 Å². The minimum absolute atomic E-state index is 0.148. The molecule has 0 amide bonds. The summed E-state index contributed by atoms with van der Waals surface area (Å²) < 4.78 is 5.72. The standard InChI is InChI=1S/C12H21N3O/c1-4-6-14-11(13)15-9-8-5-7-16-10(8)12(9,2)3/h4,8-10H,1,5-7H2,2-3H3,(H3,13,14,15). The van der Waals surface area contributed by atoms with Crippen LogP contribution in [0.25, 0.3) is 0 Å². The van der Waals surface area contributed by atoms with Crippen LogP contribution < -0.4 is 11.1 Å². The molecular formula is C12H21N3O. The summed E-state index contributed by atoms with van der Waals surface area (Å²) in [7, 11) is 0. The van der Waals surface area contributed by atoms with Crippen LogP contribution in [0.4, 0.5) is 0 Å². The molecule has 1 saturated heterocycles. The summed E-state index contributed by atoms with van der Waals surface area (Å²) in [5.74, 6) is 1.11. The summed E-state index contributed by atoms with van der Waals surface area (Å²) >= 11 is 0. The van der Waals surface area contributed by atoms with Crippen LogP contribution in [-0.4, -0.2) is 31.3 Å². The summed E-state index contributed by atoms with van der Waals surface area (Å²) in [6.45, 7) is 9.50. The first-order chi connectivity index (χ1) is 7.57. The maximum atomic E-state index is 5.82. The molecule has 1 saturated carbocycles. The van der Waals surface area contributed by atoms with Crippen molar-refractivity contribution in [1.82, 2.24) is 5.32 Å². The van der Waals surface area contributed by atoms with E-state index in [0.29, 0.717) is 30.6 Å². The predicted octanol–water partition coefficient (Wildman–Crippen LogP) is 0.890. The predicted molar refractivity (Wildman–Crippen MR) is 65.2 cm³/mol. The van der Waals surface area contributed by atoms with E-state index in [1.165, 1.54) is 0 Å². The van der Waals surface area contributed by atoms with Gasteiger partial charge in [0.15, 0.2) is 5.96 Å². The van der Waals surface area contributed by atoms with E-state index in [4.69, 9.17) is 10.5 Å². The summed E-state index contributed by atoms with van der Waals surface area (Å²) in [6.07, 6.45) is 3.25. The van der Waals surface area contributed by atoms with Crippen LogP contribution in [0, 0.1) is 11.3 Å². The van der Waals surface area contributed by atoms with Crippen LogP contribution in [-0.2, 0) is 4.74 Å². The second-order valence-electron chi connectivity index (χ2n) is 5.20. The van der Waals surface area contributed by atoms with Crippen LogP contribution in [0.15, 0.2) is 17.6 Å². The molecule has 0 spiro atoms. The number of rotatable bonds is 3. The van der Waals surface area contributed by atoms with Gasteiger partial charge in [0, 0.05) is 24.0 Å². The second kappa shape index (κ2) is 4.09. The van der Waals surface area contributed by atoms with Crippen molar-refractivity contribution >= 4 is 5.96 Å². The molecule has 0 aromatic heterocycles. The Morgan fingerprint density at radius 2 is 2.44 bits per heavy atom. The molecule has 1 aliphatic carbocycles. The average Bonchev–Trinajstić information content (AvgIpc) is 2.69. The van der Waals surface area contributed by atoms with E-state index in [-0.39, 0.29) is 5.41 Å². The highest BCUT2D eigenvalue weighted by Crippen LogP contribution is 2.51. The van der Waals surface area contributed by atoms with Crippen molar-refractivity contribution in [3.8, 4) is 0 Å². The molecule has 4 nitrogen and oxygen atoms in total. The van der Waals surface area contributed by atoms with Crippen molar-refractivity contribution in [3.63, 3.8) is 0 Å². The SMILES string of the molecule is C=CCN=C(N)NC1C2CCOC2C1(C)C. The first kappa shape index (κ1) is 11.5. The fourth-order valence-corrected chi connectivity index (χ4v) is 2.99. The van der Waals surface area contributed by atoms with E-state index in [1.54, 1.807) is 6.08 Å². The van der Waals surface area contributed by atoms with Crippen LogP contribution in [0.3, 0.4) is 0 Å². The van der Waals surface area contributed by atoms with E-state index in [1.807, 2.05) is 0 Å². The number of fused-ring (bicyclic) bond motifs is 1. The lowest BCUT2D eigenvalue weighted by Gasteiger charge is -2.54. The number of nitrogens with one attached hydrogen (secondary N) is 1. The van der Waals surface area contributed by atoms with Crippen molar-refractivity contribution in [2.75, 3.05) is 13.2 Å². The highest BCUT2D eigenvalue weighted by Gasteiger charge is 2.59. The normalized spacial score (nSPS) is 36.4. The second-order valence-corrected chi connectivity index (χ2v) is 5.20. The van der Waals surface area contributed by atoms with E-state index >= 15 is 0 Å². The zero-order chi connectivity index (χ0) is 11.8. The molecule has 1 heterocycles. The van der Waals surface area contributed by atoms with Gasteiger partial charge in [-0.2, -0.15) is 0 Å². The molecule has 4 heteroatoms. The Bertz CT molecular complexity index is 311. The highest BCUT2D eigenvalue weighted by atomic mass is 16.5. The lowest BCUT2D eigenvalue weighted by molar-refractivity contribution is -0.106. The molecule has 1 aliphatic heterocycles. The largest absolute Gasteiger partial charge is 0.377 e. The number of hydrogen-bond donors (Lipinski definition) is 2. The number of nitrogens with two attached hydrogens (primary N) is 1. The van der Waals surface area contributed by atoms with E-state index in [0.717, 1.165) is 13.0 Å². The van der Waals surface area contributed by atoms with E-state index in [9.17, 15) is 0 Å². The van der Waals surface area contributed by atoms with Crippen molar-refractivity contribution in [2.24, 2.45) is 22.1 Å². The molecule has 3 N–H and O–H groups in total. The van der Waals surface area contributed by atoms with Crippen LogP contribution in [0.2, 0.25) is 0 Å².